The summed E-state index contributed by atoms with van der Waals surface area (Å²) in [5.41, 5.74) is 0. The predicted molar refractivity (Wildman–Crippen MR) is 119 cm³/mol. The van der Waals surface area contributed by atoms with Gasteiger partial charge in [-0.3, -0.25) is 0 Å². The molecule has 0 atom stereocenters. The first kappa shape index (κ1) is 65.2. The van der Waals surface area contributed by atoms with Crippen LogP contribution in [0.5, 0.6) is 0 Å². The van der Waals surface area contributed by atoms with Crippen LogP contribution in [0.4, 0.5) is 176 Å². The Balaban J connectivity index is 0. The summed E-state index contributed by atoms with van der Waals surface area (Å²) in [4.78, 5) is 20.0. The molecule has 0 saturated heterocycles. The summed E-state index contributed by atoms with van der Waals surface area (Å²) in [6.07, 6.45) is 0. The van der Waals surface area contributed by atoms with Crippen LogP contribution in [-0.4, -0.2) is 141 Å². The van der Waals surface area contributed by atoms with Crippen LogP contribution in [0.15, 0.2) is 0 Å². The summed E-state index contributed by atoms with van der Waals surface area (Å²) in [7, 11) is 0. The maximum absolute atomic E-state index is 14.0. The molecule has 402 valence electrons. The van der Waals surface area contributed by atoms with Crippen LogP contribution >= 0.6 is 0 Å². The molecule has 0 radical (unpaired) electrons. The van der Waals surface area contributed by atoms with Gasteiger partial charge in [0.25, 0.3) is 0 Å². The molecule has 0 fully saturated rings. The lowest BCUT2D eigenvalue weighted by atomic mass is 9.81. The third kappa shape index (κ3) is 6.99. The first-order chi connectivity index (χ1) is 27.6. The van der Waals surface area contributed by atoms with Crippen molar-refractivity contribution in [1.29, 1.82) is 0 Å². The zero-order valence-corrected chi connectivity index (χ0v) is 28.5. The lowest BCUT2D eigenvalue weighted by Crippen LogP contribution is -2.80. The second kappa shape index (κ2) is 15.6. The number of alkyl halides is 40. The van der Waals surface area contributed by atoms with E-state index in [0.717, 1.165) is 0 Å². The van der Waals surface area contributed by atoms with Crippen molar-refractivity contribution in [2.45, 2.75) is 118 Å². The van der Waals surface area contributed by atoms with Crippen molar-refractivity contribution < 1.29 is 195 Å². The molecule has 0 bridgehead atoms. The van der Waals surface area contributed by atoms with E-state index in [9.17, 15) is 185 Å². The van der Waals surface area contributed by atoms with Gasteiger partial charge in [-0.1, -0.05) is 0 Å². The molecular formula is C22H5F40NO4. The highest BCUT2D eigenvalue weighted by atomic mass is 19.4. The number of halogens is 40. The second-order valence-corrected chi connectivity index (χ2v) is 12.1. The molecule has 0 amide bonds. The SMILES string of the molecule is N.O=C(O)C(F)(F)C(F)(F)C(F)(F)C(F)(F)C(F)(F)C(F)(F)C(F)(F)C(F)(F)C(F)(F)C(F)(F)C(F)(F)C(F)(F)C(F)(F)C(F)(F)C(F)(F)C(F)(F)C(F)(F)C(F)(F)C(F)(F)C(F)(F)C(=O)O. The zero-order chi connectivity index (χ0) is 55.2. The molecule has 67 heavy (non-hydrogen) atoms. The van der Waals surface area contributed by atoms with Crippen molar-refractivity contribution in [2.24, 2.45) is 0 Å². The van der Waals surface area contributed by atoms with Gasteiger partial charge in [0, 0.05) is 0 Å². The van der Waals surface area contributed by atoms with Gasteiger partial charge in [-0.25, -0.2) is 9.59 Å². The summed E-state index contributed by atoms with van der Waals surface area (Å²) in [5.74, 6) is -209. The van der Waals surface area contributed by atoms with Crippen molar-refractivity contribution >= 4 is 11.9 Å². The first-order valence-electron chi connectivity index (χ1n) is 13.7. The lowest BCUT2D eigenvalue weighted by Gasteiger charge is -2.47. The molecule has 0 saturated carbocycles. The molecule has 0 rings (SSSR count). The Morgan fingerprint density at radius 1 is 0.179 bits per heavy atom. The molecule has 0 aliphatic heterocycles. The van der Waals surface area contributed by atoms with Crippen molar-refractivity contribution in [1.82, 2.24) is 6.15 Å². The minimum Gasteiger partial charge on any atom is -0.477 e. The highest BCUT2D eigenvalue weighted by Crippen LogP contribution is 2.71. The monoisotopic (exact) mass is 1110 g/mol. The zero-order valence-electron chi connectivity index (χ0n) is 28.5. The molecule has 0 heterocycles. The van der Waals surface area contributed by atoms with Gasteiger partial charge in [-0.05, 0) is 0 Å². The second-order valence-electron chi connectivity index (χ2n) is 12.1. The molecule has 45 heteroatoms. The van der Waals surface area contributed by atoms with Crippen molar-refractivity contribution in [3.8, 4) is 0 Å². The molecular weight excluding hydrogens is 1100 g/mol. The quantitative estimate of drug-likeness (QED) is 0.0992. The number of aliphatic carboxylic acids is 2. The molecule has 5 N–H and O–H groups in total. The van der Waals surface area contributed by atoms with Gasteiger partial charge in [0.15, 0.2) is 0 Å². The fraction of sp³-hybridized carbons (Fsp3) is 0.909. The number of hydrogen-bond donors (Lipinski definition) is 3. The predicted octanol–water partition coefficient (Wildman–Crippen LogP) is 12.0. The van der Waals surface area contributed by atoms with E-state index in [2.05, 4.69) is 0 Å². The Kier molecular flexibility index (Phi) is 15.1. The average Bonchev–Trinajstić information content (AvgIpc) is 3.09. The molecule has 0 aromatic carbocycles. The minimum absolute atomic E-state index is 0. The Labute approximate surface area is 333 Å². The normalized spacial score (nSPS) is 16.8. The van der Waals surface area contributed by atoms with Crippen molar-refractivity contribution in [2.75, 3.05) is 0 Å². The van der Waals surface area contributed by atoms with Gasteiger partial charge in [-0.15, -0.1) is 0 Å². The van der Waals surface area contributed by atoms with E-state index < -0.39 is 130 Å². The number of hydrogen-bond acceptors (Lipinski definition) is 3. The summed E-state index contributed by atoms with van der Waals surface area (Å²) in [6, 6.07) is 0. The third-order valence-electron chi connectivity index (χ3n) is 8.03. The fourth-order valence-electron chi connectivity index (χ4n) is 3.82. The van der Waals surface area contributed by atoms with Crippen LogP contribution in [-0.2, 0) is 9.59 Å². The summed E-state index contributed by atoms with van der Waals surface area (Å²) < 4.78 is 548. The van der Waals surface area contributed by atoms with Gasteiger partial charge >= 0.3 is 130 Å². The standard InChI is InChI=1S/C22H2F40O4.H3N/c23-3(24,1(63)64)5(27,28)7(31,32)9(35,36)11(39,40)13(43,44)15(47,48)17(51,52)19(55,56)21(59,60)22(61,62)20(57,58)18(53,54)16(49,50)14(45,46)12(41,42)10(37,38)8(33,34)6(29,30)4(25,26)2(65)66;/h(H,63,64)(H,65,66);1H3. The lowest BCUT2D eigenvalue weighted by molar-refractivity contribution is -0.494. The van der Waals surface area contributed by atoms with Gasteiger partial charge in [0.2, 0.25) is 0 Å². The molecule has 0 aliphatic carbocycles. The topological polar surface area (TPSA) is 110 Å². The van der Waals surface area contributed by atoms with Gasteiger partial charge in [0.05, 0.1) is 0 Å². The van der Waals surface area contributed by atoms with Gasteiger partial charge in [0.1, 0.15) is 0 Å². The minimum atomic E-state index is -10.7. The van der Waals surface area contributed by atoms with Crippen LogP contribution in [0.1, 0.15) is 0 Å². The first-order valence-corrected chi connectivity index (χ1v) is 13.7. The Morgan fingerprint density at radius 2 is 0.239 bits per heavy atom. The van der Waals surface area contributed by atoms with E-state index in [1.807, 2.05) is 0 Å². The fourth-order valence-corrected chi connectivity index (χ4v) is 3.82. The summed E-state index contributed by atoms with van der Waals surface area (Å²) in [5, 5.41) is 15.4. The van der Waals surface area contributed by atoms with Crippen LogP contribution in [0.3, 0.4) is 0 Å². The van der Waals surface area contributed by atoms with Crippen LogP contribution in [0.25, 0.3) is 0 Å². The van der Waals surface area contributed by atoms with E-state index in [-0.39, 0.29) is 6.15 Å². The molecule has 0 unspecified atom stereocenters. The molecule has 0 spiro atoms. The Bertz CT molecular complexity index is 1730. The maximum atomic E-state index is 14.0. The van der Waals surface area contributed by atoms with Crippen molar-refractivity contribution in [3.63, 3.8) is 0 Å². The highest BCUT2D eigenvalue weighted by Gasteiger charge is 3.03. The molecule has 0 aromatic heterocycles. The van der Waals surface area contributed by atoms with Gasteiger partial charge < -0.3 is 16.4 Å². The Morgan fingerprint density at radius 3 is 0.299 bits per heavy atom. The van der Waals surface area contributed by atoms with Crippen molar-refractivity contribution in [3.05, 3.63) is 0 Å². The summed E-state index contributed by atoms with van der Waals surface area (Å²) in [6.45, 7) is 0. The van der Waals surface area contributed by atoms with E-state index in [4.69, 9.17) is 10.2 Å². The number of carbonyl (C=O) groups is 2. The summed E-state index contributed by atoms with van der Waals surface area (Å²) >= 11 is 0. The largest absolute Gasteiger partial charge is 0.477 e. The number of rotatable bonds is 21. The molecule has 0 aromatic rings. The number of carboxylic acids is 2. The molecule has 0 aliphatic rings. The van der Waals surface area contributed by atoms with Crippen LogP contribution < -0.4 is 6.15 Å². The van der Waals surface area contributed by atoms with Crippen LogP contribution in [0.2, 0.25) is 0 Å². The third-order valence-corrected chi connectivity index (χ3v) is 8.03. The smallest absolute Gasteiger partial charge is 0.410 e. The average molecular weight is 1110 g/mol. The maximum Gasteiger partial charge on any atom is 0.410 e. The van der Waals surface area contributed by atoms with Crippen LogP contribution in [0, 0.1) is 0 Å². The van der Waals surface area contributed by atoms with E-state index >= 15 is 0 Å². The van der Waals surface area contributed by atoms with E-state index in [0.29, 0.717) is 0 Å². The van der Waals surface area contributed by atoms with Gasteiger partial charge in [-0.2, -0.15) is 176 Å². The van der Waals surface area contributed by atoms with E-state index in [1.165, 1.54) is 0 Å². The van der Waals surface area contributed by atoms with E-state index in [1.54, 1.807) is 0 Å². The molecule has 5 nitrogen and oxygen atoms in total. The Hall–Kier alpha value is -3.90. The number of carboxylic acid groups (broad SMARTS) is 2. The highest BCUT2D eigenvalue weighted by molar-refractivity contribution is 5.77.